The summed E-state index contributed by atoms with van der Waals surface area (Å²) in [6.07, 6.45) is 1.86. The summed E-state index contributed by atoms with van der Waals surface area (Å²) >= 11 is 0. The van der Waals surface area contributed by atoms with E-state index in [1.165, 1.54) is 0 Å². The van der Waals surface area contributed by atoms with Crippen LogP contribution in [0.4, 0.5) is 5.82 Å². The van der Waals surface area contributed by atoms with Gasteiger partial charge in [0.05, 0.1) is 4.90 Å². The predicted molar refractivity (Wildman–Crippen MR) is 133 cm³/mol. The topological polar surface area (TPSA) is 65.5 Å². The average molecular weight is 490 g/mol. The first-order valence-electron chi connectivity index (χ1n) is 10.1. The SMILES string of the molecule is CC(C)N1CCN(c2ccc(-c3ccc(S(=O)(=O)NC(C)(C)C)cc3)cn2)CC1.Cl.Cl. The van der Waals surface area contributed by atoms with Gasteiger partial charge in [-0.1, -0.05) is 12.1 Å². The molecule has 174 valence electrons. The number of sulfonamides is 1. The van der Waals surface area contributed by atoms with Gasteiger partial charge in [-0.05, 0) is 64.4 Å². The van der Waals surface area contributed by atoms with Crippen LogP contribution in [0.3, 0.4) is 0 Å². The highest BCUT2D eigenvalue weighted by molar-refractivity contribution is 7.89. The molecule has 2 aromatic rings. The summed E-state index contributed by atoms with van der Waals surface area (Å²) in [6.45, 7) is 14.0. The molecule has 6 nitrogen and oxygen atoms in total. The van der Waals surface area contributed by atoms with Gasteiger partial charge in [-0.25, -0.2) is 18.1 Å². The Morgan fingerprint density at radius 2 is 1.45 bits per heavy atom. The van der Waals surface area contributed by atoms with Gasteiger partial charge in [0.15, 0.2) is 0 Å². The van der Waals surface area contributed by atoms with Crippen molar-refractivity contribution in [1.29, 1.82) is 0 Å². The van der Waals surface area contributed by atoms with E-state index in [0.717, 1.165) is 43.1 Å². The molecule has 0 bridgehead atoms. The van der Waals surface area contributed by atoms with E-state index in [-0.39, 0.29) is 29.7 Å². The molecule has 0 unspecified atom stereocenters. The molecule has 1 aromatic carbocycles. The number of anilines is 1. The minimum atomic E-state index is -3.53. The number of pyridine rings is 1. The molecule has 1 aliphatic heterocycles. The maximum atomic E-state index is 12.4. The zero-order valence-corrected chi connectivity index (χ0v) is 21.3. The first-order valence-corrected chi connectivity index (χ1v) is 11.6. The van der Waals surface area contributed by atoms with Gasteiger partial charge in [0.25, 0.3) is 0 Å². The fourth-order valence-electron chi connectivity index (χ4n) is 3.50. The normalized spacial score (nSPS) is 15.4. The molecular formula is C22H34Cl2N4O2S. The van der Waals surface area contributed by atoms with Crippen molar-refractivity contribution in [2.45, 2.75) is 51.1 Å². The maximum absolute atomic E-state index is 12.4. The first kappa shape index (κ1) is 27.7. The lowest BCUT2D eigenvalue weighted by Gasteiger charge is -2.37. The van der Waals surface area contributed by atoms with Gasteiger partial charge in [-0.3, -0.25) is 4.90 Å². The van der Waals surface area contributed by atoms with Crippen LogP contribution in [0.1, 0.15) is 34.6 Å². The van der Waals surface area contributed by atoms with Crippen LogP contribution in [0.25, 0.3) is 11.1 Å². The number of nitrogens with one attached hydrogen (secondary N) is 1. The minimum Gasteiger partial charge on any atom is -0.354 e. The number of nitrogens with zero attached hydrogens (tertiary/aromatic N) is 3. The lowest BCUT2D eigenvalue weighted by molar-refractivity contribution is 0.209. The van der Waals surface area contributed by atoms with Crippen LogP contribution < -0.4 is 9.62 Å². The maximum Gasteiger partial charge on any atom is 0.241 e. The Morgan fingerprint density at radius 3 is 1.90 bits per heavy atom. The number of hydrogen-bond donors (Lipinski definition) is 1. The fraction of sp³-hybridized carbons (Fsp3) is 0.500. The quantitative estimate of drug-likeness (QED) is 0.682. The van der Waals surface area contributed by atoms with Crippen molar-refractivity contribution in [2.75, 3.05) is 31.1 Å². The van der Waals surface area contributed by atoms with Crippen molar-refractivity contribution in [1.82, 2.24) is 14.6 Å². The standard InChI is InChI=1S/C22H32N4O2S.2ClH/c1-17(2)25-12-14-26(15-13-25)21-11-8-19(16-23-21)18-6-9-20(10-7-18)29(27,28)24-22(3,4)5;;/h6-11,16-17,24H,12-15H2,1-5H3;2*1H. The molecule has 1 saturated heterocycles. The van der Waals surface area contributed by atoms with Gasteiger partial charge in [0, 0.05) is 49.5 Å². The smallest absolute Gasteiger partial charge is 0.241 e. The monoisotopic (exact) mass is 488 g/mol. The van der Waals surface area contributed by atoms with Crippen LogP contribution >= 0.6 is 24.8 Å². The highest BCUT2D eigenvalue weighted by Gasteiger charge is 2.22. The highest BCUT2D eigenvalue weighted by atomic mass is 35.5. The van der Waals surface area contributed by atoms with Crippen LogP contribution in [0, 0.1) is 0 Å². The number of hydrogen-bond acceptors (Lipinski definition) is 5. The molecule has 1 aliphatic rings. The molecule has 2 heterocycles. The summed E-state index contributed by atoms with van der Waals surface area (Å²) in [5.74, 6) is 0.991. The van der Waals surface area contributed by atoms with Crippen LogP contribution in [-0.2, 0) is 10.0 Å². The first-order chi connectivity index (χ1) is 13.5. The third kappa shape index (κ3) is 7.32. The summed E-state index contributed by atoms with van der Waals surface area (Å²) < 4.78 is 27.6. The molecule has 0 amide bonds. The van der Waals surface area contributed by atoms with E-state index in [2.05, 4.69) is 33.4 Å². The minimum absolute atomic E-state index is 0. The van der Waals surface area contributed by atoms with E-state index in [1.54, 1.807) is 12.1 Å². The van der Waals surface area contributed by atoms with Gasteiger partial charge >= 0.3 is 0 Å². The molecule has 1 fully saturated rings. The molecule has 0 spiro atoms. The molecule has 0 atom stereocenters. The molecule has 1 aromatic heterocycles. The molecule has 0 radical (unpaired) electrons. The third-order valence-corrected chi connectivity index (χ3v) is 6.83. The van der Waals surface area contributed by atoms with E-state index in [9.17, 15) is 8.42 Å². The Labute approximate surface area is 199 Å². The van der Waals surface area contributed by atoms with Crippen LogP contribution in [-0.4, -0.2) is 56.1 Å². The highest BCUT2D eigenvalue weighted by Crippen LogP contribution is 2.24. The second-order valence-corrected chi connectivity index (χ2v) is 10.6. The molecule has 9 heteroatoms. The molecule has 0 aliphatic carbocycles. The Balaban J connectivity index is 0.00000240. The van der Waals surface area contributed by atoms with Gasteiger partial charge in [0.2, 0.25) is 10.0 Å². The van der Waals surface area contributed by atoms with Crippen molar-refractivity contribution < 1.29 is 8.42 Å². The van der Waals surface area contributed by atoms with E-state index >= 15 is 0 Å². The molecular weight excluding hydrogens is 455 g/mol. The average Bonchev–Trinajstić information content (AvgIpc) is 2.66. The summed E-state index contributed by atoms with van der Waals surface area (Å²) in [4.78, 5) is 9.71. The number of halogens is 2. The Bertz CT molecular complexity index is 919. The zero-order chi connectivity index (χ0) is 21.2. The molecule has 31 heavy (non-hydrogen) atoms. The van der Waals surface area contributed by atoms with E-state index in [1.807, 2.05) is 51.2 Å². The summed E-state index contributed by atoms with van der Waals surface area (Å²) in [6, 6.07) is 11.6. The van der Waals surface area contributed by atoms with Crippen molar-refractivity contribution in [3.05, 3.63) is 42.6 Å². The second kappa shape index (κ2) is 11.0. The Morgan fingerprint density at radius 1 is 0.903 bits per heavy atom. The van der Waals surface area contributed by atoms with E-state index in [0.29, 0.717) is 6.04 Å². The lowest BCUT2D eigenvalue weighted by Crippen LogP contribution is -2.49. The van der Waals surface area contributed by atoms with Gasteiger partial charge < -0.3 is 4.90 Å². The van der Waals surface area contributed by atoms with Crippen LogP contribution in [0.15, 0.2) is 47.5 Å². The molecule has 1 N–H and O–H groups in total. The van der Waals surface area contributed by atoms with Crippen molar-refractivity contribution in [2.24, 2.45) is 0 Å². The number of benzene rings is 1. The van der Waals surface area contributed by atoms with Crippen molar-refractivity contribution in [3.63, 3.8) is 0 Å². The zero-order valence-electron chi connectivity index (χ0n) is 18.8. The summed E-state index contributed by atoms with van der Waals surface area (Å²) in [5, 5.41) is 0. The van der Waals surface area contributed by atoms with Crippen LogP contribution in [0.5, 0.6) is 0 Å². The lowest BCUT2D eigenvalue weighted by atomic mass is 10.1. The van der Waals surface area contributed by atoms with Gasteiger partial charge in [-0.15, -0.1) is 24.8 Å². The second-order valence-electron chi connectivity index (χ2n) is 8.90. The fourth-order valence-corrected chi connectivity index (χ4v) is 4.92. The number of aromatic nitrogens is 1. The largest absolute Gasteiger partial charge is 0.354 e. The molecule has 3 rings (SSSR count). The number of rotatable bonds is 5. The van der Waals surface area contributed by atoms with Crippen LogP contribution in [0.2, 0.25) is 0 Å². The van der Waals surface area contributed by atoms with Crippen molar-refractivity contribution >= 4 is 40.7 Å². The molecule has 0 saturated carbocycles. The predicted octanol–water partition coefficient (Wildman–Crippen LogP) is 4.20. The summed E-state index contributed by atoms with van der Waals surface area (Å²) in [5.41, 5.74) is 1.41. The van der Waals surface area contributed by atoms with E-state index in [4.69, 9.17) is 0 Å². The Hall–Kier alpha value is -1.38. The third-order valence-electron chi connectivity index (χ3n) is 5.05. The van der Waals surface area contributed by atoms with Gasteiger partial charge in [-0.2, -0.15) is 0 Å². The van der Waals surface area contributed by atoms with Crippen molar-refractivity contribution in [3.8, 4) is 11.1 Å². The van der Waals surface area contributed by atoms with E-state index < -0.39 is 15.6 Å². The van der Waals surface area contributed by atoms with Gasteiger partial charge in [0.1, 0.15) is 5.82 Å². The Kier molecular flexibility index (Phi) is 9.78. The number of piperazine rings is 1. The summed E-state index contributed by atoms with van der Waals surface area (Å²) in [7, 11) is -3.53.